The van der Waals surface area contributed by atoms with E-state index < -0.39 is 27.2 Å². The second kappa shape index (κ2) is 10.3. The van der Waals surface area contributed by atoms with Crippen molar-refractivity contribution >= 4 is 23.5 Å². The Balaban J connectivity index is 4.75. The maximum atomic E-state index is 12.0. The van der Waals surface area contributed by atoms with Crippen molar-refractivity contribution in [1.29, 1.82) is 0 Å². The molecule has 9 nitrogen and oxygen atoms in total. The summed E-state index contributed by atoms with van der Waals surface area (Å²) in [6.45, 7) is 2.53. The van der Waals surface area contributed by atoms with Gasteiger partial charge in [0.25, 0.3) is 0 Å². The standard InChI is InChI=1S/C11H25BO9P2/c1-3-11(4-2,5-6-19-22(14,15)16)21-23(17,18)20-9-10(7-12)8-13/h10,13H,3-9H2,1-2H3,(H,17,18)(H2,14,15,16). The van der Waals surface area contributed by atoms with Gasteiger partial charge in [-0.15, -0.1) is 0 Å². The molecule has 12 heteroatoms. The molecule has 0 bridgehead atoms. The third kappa shape index (κ3) is 9.97. The topological polar surface area (TPSA) is 143 Å². The summed E-state index contributed by atoms with van der Waals surface area (Å²) in [6, 6.07) is 0. The molecule has 0 aromatic carbocycles. The summed E-state index contributed by atoms with van der Waals surface area (Å²) in [4.78, 5) is 27.2. The van der Waals surface area contributed by atoms with Gasteiger partial charge >= 0.3 is 15.6 Å². The average molecular weight is 374 g/mol. The average Bonchev–Trinajstić information content (AvgIpc) is 2.45. The molecule has 2 radical (unpaired) electrons. The number of hydrogen-bond donors (Lipinski definition) is 4. The van der Waals surface area contributed by atoms with Gasteiger partial charge in [-0.1, -0.05) is 20.2 Å². The van der Waals surface area contributed by atoms with Crippen LogP contribution >= 0.6 is 15.6 Å². The van der Waals surface area contributed by atoms with E-state index in [1.807, 2.05) is 0 Å². The van der Waals surface area contributed by atoms with Gasteiger partial charge in [-0.3, -0.25) is 13.6 Å². The molecule has 136 valence electrons. The lowest BCUT2D eigenvalue weighted by Gasteiger charge is -2.33. The fourth-order valence-electron chi connectivity index (χ4n) is 1.79. The van der Waals surface area contributed by atoms with Gasteiger partial charge in [0.2, 0.25) is 0 Å². The maximum Gasteiger partial charge on any atom is 0.472 e. The Bertz CT molecular complexity index is 420. The summed E-state index contributed by atoms with van der Waals surface area (Å²) < 4.78 is 37.1. The lowest BCUT2D eigenvalue weighted by Crippen LogP contribution is -2.32. The molecule has 0 aliphatic heterocycles. The van der Waals surface area contributed by atoms with Gasteiger partial charge in [-0.2, -0.15) is 0 Å². The van der Waals surface area contributed by atoms with Crippen molar-refractivity contribution in [3.8, 4) is 0 Å². The van der Waals surface area contributed by atoms with Crippen molar-refractivity contribution in [2.75, 3.05) is 19.8 Å². The molecule has 2 atom stereocenters. The number of phosphoric acid groups is 2. The first-order valence-corrected chi connectivity index (χ1v) is 10.2. The van der Waals surface area contributed by atoms with Gasteiger partial charge in [0.05, 0.1) is 26.7 Å². The minimum Gasteiger partial charge on any atom is -0.396 e. The van der Waals surface area contributed by atoms with Crippen LogP contribution in [0.2, 0.25) is 6.32 Å². The maximum absolute atomic E-state index is 12.0. The lowest BCUT2D eigenvalue weighted by atomic mass is 9.93. The number of aliphatic hydroxyl groups excluding tert-OH is 1. The molecule has 2 unspecified atom stereocenters. The molecule has 0 heterocycles. The lowest BCUT2D eigenvalue weighted by molar-refractivity contribution is -0.00585. The van der Waals surface area contributed by atoms with Gasteiger partial charge in [-0.05, 0) is 18.8 Å². The summed E-state index contributed by atoms with van der Waals surface area (Å²) >= 11 is 0. The van der Waals surface area contributed by atoms with Crippen LogP contribution in [-0.4, -0.2) is 53.1 Å². The summed E-state index contributed by atoms with van der Waals surface area (Å²) in [5, 5.41) is 8.98. The van der Waals surface area contributed by atoms with Gasteiger partial charge in [-0.25, -0.2) is 9.13 Å². The van der Waals surface area contributed by atoms with E-state index in [9.17, 15) is 14.0 Å². The molecule has 4 N–H and O–H groups in total. The molecule has 0 spiro atoms. The monoisotopic (exact) mass is 374 g/mol. The van der Waals surface area contributed by atoms with Crippen LogP contribution in [0, 0.1) is 5.92 Å². The van der Waals surface area contributed by atoms with Crippen molar-refractivity contribution in [2.24, 2.45) is 5.92 Å². The quantitative estimate of drug-likeness (QED) is 0.278. The zero-order valence-electron chi connectivity index (χ0n) is 13.3. The predicted octanol–water partition coefficient (Wildman–Crippen LogP) is 1.37. The van der Waals surface area contributed by atoms with E-state index in [0.717, 1.165) is 0 Å². The van der Waals surface area contributed by atoms with Crippen molar-refractivity contribution in [1.82, 2.24) is 0 Å². The third-order valence-corrected chi connectivity index (χ3v) is 5.09. The Kier molecular flexibility index (Phi) is 10.4. The molecular weight excluding hydrogens is 349 g/mol. The highest BCUT2D eigenvalue weighted by Gasteiger charge is 2.37. The van der Waals surface area contributed by atoms with Gasteiger partial charge in [0, 0.05) is 13.0 Å². The van der Waals surface area contributed by atoms with Crippen LogP contribution < -0.4 is 0 Å². The molecule has 23 heavy (non-hydrogen) atoms. The van der Waals surface area contributed by atoms with E-state index in [2.05, 4.69) is 4.52 Å². The molecule has 0 saturated heterocycles. The van der Waals surface area contributed by atoms with E-state index in [0.29, 0.717) is 12.8 Å². The van der Waals surface area contributed by atoms with E-state index in [1.165, 1.54) is 0 Å². The Morgan fingerprint density at radius 2 is 1.70 bits per heavy atom. The van der Waals surface area contributed by atoms with Crippen LogP contribution in [0.1, 0.15) is 33.1 Å². The fraction of sp³-hybridized carbons (Fsp3) is 1.00. The Hall–Kier alpha value is 0.245. The molecular formula is C11H25BO9P2. The van der Waals surface area contributed by atoms with E-state index in [-0.39, 0.29) is 32.6 Å². The third-order valence-electron chi connectivity index (χ3n) is 3.48. The second-order valence-electron chi connectivity index (χ2n) is 5.10. The van der Waals surface area contributed by atoms with E-state index in [4.69, 9.17) is 31.8 Å². The minimum atomic E-state index is -4.62. The highest BCUT2D eigenvalue weighted by atomic mass is 31.2. The Morgan fingerprint density at radius 1 is 1.13 bits per heavy atom. The molecule has 0 aliphatic carbocycles. The van der Waals surface area contributed by atoms with Gasteiger partial charge in [0.15, 0.2) is 0 Å². The Labute approximate surface area is 137 Å². The fourth-order valence-corrected chi connectivity index (χ4v) is 3.41. The largest absolute Gasteiger partial charge is 0.472 e. The van der Waals surface area contributed by atoms with Crippen molar-refractivity contribution < 1.29 is 42.5 Å². The van der Waals surface area contributed by atoms with Crippen LogP contribution in [0.4, 0.5) is 0 Å². The van der Waals surface area contributed by atoms with Crippen LogP contribution in [0.25, 0.3) is 0 Å². The molecule has 0 rings (SSSR count). The van der Waals surface area contributed by atoms with Crippen LogP contribution in [0.5, 0.6) is 0 Å². The van der Waals surface area contributed by atoms with Gasteiger partial charge in [0.1, 0.15) is 0 Å². The highest BCUT2D eigenvalue weighted by molar-refractivity contribution is 7.47. The second-order valence-corrected chi connectivity index (χ2v) is 7.72. The predicted molar refractivity (Wildman–Crippen MR) is 83.9 cm³/mol. The normalized spacial score (nSPS) is 17.0. The van der Waals surface area contributed by atoms with Crippen molar-refractivity contribution in [2.45, 2.75) is 45.0 Å². The number of hydrogen-bond acceptors (Lipinski definition) is 6. The molecule has 0 fully saturated rings. The number of rotatable bonds is 13. The first kappa shape index (κ1) is 23.2. The minimum absolute atomic E-state index is 0.000657. The zero-order valence-corrected chi connectivity index (χ0v) is 15.1. The van der Waals surface area contributed by atoms with E-state index in [1.54, 1.807) is 13.8 Å². The zero-order chi connectivity index (χ0) is 18.1. The summed E-state index contributed by atoms with van der Waals surface area (Å²) in [7, 11) is -3.69. The van der Waals surface area contributed by atoms with Crippen LogP contribution in [0.3, 0.4) is 0 Å². The van der Waals surface area contributed by atoms with Crippen molar-refractivity contribution in [3.05, 3.63) is 0 Å². The first-order valence-electron chi connectivity index (χ1n) is 7.22. The molecule has 0 saturated carbocycles. The van der Waals surface area contributed by atoms with E-state index >= 15 is 0 Å². The molecule has 0 aromatic rings. The summed E-state index contributed by atoms with van der Waals surface area (Å²) in [6.07, 6.45) is 0.698. The summed E-state index contributed by atoms with van der Waals surface area (Å²) in [5.41, 5.74) is -1.13. The SMILES string of the molecule is [B]CC(CO)COP(=O)(O)OC(CC)(CC)CCOP(=O)(O)O. The Morgan fingerprint density at radius 3 is 2.09 bits per heavy atom. The summed E-state index contributed by atoms with van der Waals surface area (Å²) in [5.74, 6) is -0.491. The number of phosphoric ester groups is 2. The highest BCUT2D eigenvalue weighted by Crippen LogP contribution is 2.50. The van der Waals surface area contributed by atoms with Crippen LogP contribution in [0.15, 0.2) is 0 Å². The van der Waals surface area contributed by atoms with Gasteiger partial charge < -0.3 is 19.8 Å². The van der Waals surface area contributed by atoms with Crippen molar-refractivity contribution in [3.63, 3.8) is 0 Å². The number of aliphatic hydroxyl groups is 1. The molecule has 0 aromatic heterocycles. The molecule has 0 aliphatic rings. The van der Waals surface area contributed by atoms with Crippen LogP contribution in [-0.2, 0) is 22.7 Å². The smallest absolute Gasteiger partial charge is 0.396 e. The first-order chi connectivity index (χ1) is 10.5. The molecule has 0 amide bonds.